The Morgan fingerprint density at radius 1 is 1.77 bits per heavy atom. The average Bonchev–Trinajstić information content (AvgIpc) is 2.18. The molecular weight excluding hydrogens is 184 g/mol. The highest BCUT2D eigenvalue weighted by Gasteiger charge is 2.22. The summed E-state index contributed by atoms with van der Waals surface area (Å²) < 4.78 is 0. The van der Waals surface area contributed by atoms with Gasteiger partial charge in [0.25, 0.3) is 0 Å². The third kappa shape index (κ3) is 2.92. The highest BCUT2D eigenvalue weighted by atomic mass is 32.2. The maximum Gasteiger partial charge on any atom is 0.236 e. The second-order valence-electron chi connectivity index (χ2n) is 3.08. The summed E-state index contributed by atoms with van der Waals surface area (Å²) in [4.78, 5) is 13.2. The summed E-state index contributed by atoms with van der Waals surface area (Å²) >= 11 is 1.93. The molecule has 0 aromatic rings. The molecule has 1 rings (SSSR count). The molecule has 0 bridgehead atoms. The molecule has 0 spiro atoms. The van der Waals surface area contributed by atoms with Crippen LogP contribution in [0.5, 0.6) is 0 Å². The molecule has 0 aromatic carbocycles. The lowest BCUT2D eigenvalue weighted by atomic mass is 10.2. The predicted octanol–water partition coefficient (Wildman–Crippen LogP) is 1.25. The predicted molar refractivity (Wildman–Crippen MR) is 53.3 cm³/mol. The van der Waals surface area contributed by atoms with Crippen LogP contribution in [0.2, 0.25) is 0 Å². The standard InChI is InChI=1S/C9H14N2OS/c1-2-8-7-11(5-6-13-8)9(12)3-4-10/h8H,2-3,5-7H2,1H3. The Labute approximate surface area is 83.1 Å². The largest absolute Gasteiger partial charge is 0.340 e. The van der Waals surface area contributed by atoms with Crippen LogP contribution in [0.15, 0.2) is 0 Å². The lowest BCUT2D eigenvalue weighted by Gasteiger charge is -2.31. The first-order valence-corrected chi connectivity index (χ1v) is 5.59. The second-order valence-corrected chi connectivity index (χ2v) is 4.48. The van der Waals surface area contributed by atoms with Gasteiger partial charge >= 0.3 is 0 Å². The van der Waals surface area contributed by atoms with Crippen molar-refractivity contribution < 1.29 is 4.79 Å². The Balaban J connectivity index is 2.42. The summed E-state index contributed by atoms with van der Waals surface area (Å²) in [5.41, 5.74) is 0. The minimum Gasteiger partial charge on any atom is -0.340 e. The summed E-state index contributed by atoms with van der Waals surface area (Å²) in [5.74, 6) is 0.997. The van der Waals surface area contributed by atoms with E-state index in [0.29, 0.717) is 5.25 Å². The van der Waals surface area contributed by atoms with Crippen LogP contribution in [0, 0.1) is 11.3 Å². The molecule has 1 aliphatic heterocycles. The van der Waals surface area contributed by atoms with Gasteiger partial charge < -0.3 is 4.90 Å². The number of hydrogen-bond acceptors (Lipinski definition) is 3. The number of carbonyl (C=O) groups excluding carboxylic acids is 1. The molecule has 4 heteroatoms. The van der Waals surface area contributed by atoms with E-state index in [9.17, 15) is 4.79 Å². The van der Waals surface area contributed by atoms with Crippen molar-refractivity contribution in [2.75, 3.05) is 18.8 Å². The fraction of sp³-hybridized carbons (Fsp3) is 0.778. The fourth-order valence-corrected chi connectivity index (χ4v) is 2.55. The number of nitrogens with zero attached hydrogens (tertiary/aromatic N) is 2. The number of nitriles is 1. The molecule has 3 nitrogen and oxygen atoms in total. The average molecular weight is 198 g/mol. The zero-order chi connectivity index (χ0) is 9.68. The van der Waals surface area contributed by atoms with Gasteiger partial charge in [0.1, 0.15) is 6.42 Å². The maximum absolute atomic E-state index is 11.4. The van der Waals surface area contributed by atoms with Crippen LogP contribution in [0.1, 0.15) is 19.8 Å². The van der Waals surface area contributed by atoms with E-state index in [4.69, 9.17) is 5.26 Å². The van der Waals surface area contributed by atoms with E-state index in [1.807, 2.05) is 22.7 Å². The van der Waals surface area contributed by atoms with Gasteiger partial charge in [0.2, 0.25) is 5.91 Å². The van der Waals surface area contributed by atoms with Crippen LogP contribution in [0.3, 0.4) is 0 Å². The van der Waals surface area contributed by atoms with Crippen molar-refractivity contribution in [1.82, 2.24) is 4.90 Å². The van der Waals surface area contributed by atoms with Crippen LogP contribution in [-0.2, 0) is 4.79 Å². The summed E-state index contributed by atoms with van der Waals surface area (Å²) in [6, 6.07) is 1.90. The molecule has 1 saturated heterocycles. The molecule has 0 N–H and O–H groups in total. The molecule has 0 aromatic heterocycles. The molecular formula is C9H14N2OS. The van der Waals surface area contributed by atoms with Crippen molar-refractivity contribution in [3.63, 3.8) is 0 Å². The molecule has 72 valence electrons. The summed E-state index contributed by atoms with van der Waals surface area (Å²) in [7, 11) is 0. The van der Waals surface area contributed by atoms with E-state index in [2.05, 4.69) is 6.92 Å². The molecule has 1 fully saturated rings. The van der Waals surface area contributed by atoms with Gasteiger partial charge in [-0.3, -0.25) is 4.79 Å². The van der Waals surface area contributed by atoms with Gasteiger partial charge in [0.05, 0.1) is 6.07 Å². The summed E-state index contributed by atoms with van der Waals surface area (Å²) in [5, 5.41) is 8.95. The third-order valence-electron chi connectivity index (χ3n) is 2.18. The Morgan fingerprint density at radius 3 is 3.15 bits per heavy atom. The Bertz CT molecular complexity index is 224. The molecule has 1 atom stereocenters. The van der Waals surface area contributed by atoms with Gasteiger partial charge in [0.15, 0.2) is 0 Å². The van der Waals surface area contributed by atoms with Crippen LogP contribution in [0.4, 0.5) is 0 Å². The number of carbonyl (C=O) groups is 1. The van der Waals surface area contributed by atoms with Crippen LogP contribution in [-0.4, -0.2) is 34.9 Å². The van der Waals surface area contributed by atoms with Crippen molar-refractivity contribution in [2.45, 2.75) is 25.0 Å². The molecule has 0 radical (unpaired) electrons. The first-order chi connectivity index (χ1) is 6.27. The normalized spacial score (nSPS) is 22.5. The van der Waals surface area contributed by atoms with Gasteiger partial charge in [-0.2, -0.15) is 17.0 Å². The number of amides is 1. The molecule has 0 saturated carbocycles. The number of thioether (sulfide) groups is 1. The minimum atomic E-state index is -0.0127. The van der Waals surface area contributed by atoms with Crippen molar-refractivity contribution in [2.24, 2.45) is 0 Å². The quantitative estimate of drug-likeness (QED) is 0.671. The SMILES string of the molecule is CCC1CN(C(=O)CC#N)CCS1. The highest BCUT2D eigenvalue weighted by Crippen LogP contribution is 2.21. The van der Waals surface area contributed by atoms with Crippen molar-refractivity contribution in [3.05, 3.63) is 0 Å². The van der Waals surface area contributed by atoms with Crippen LogP contribution in [0.25, 0.3) is 0 Å². The Morgan fingerprint density at radius 2 is 2.54 bits per heavy atom. The lowest BCUT2D eigenvalue weighted by molar-refractivity contribution is -0.130. The van der Waals surface area contributed by atoms with Crippen molar-refractivity contribution in [3.8, 4) is 6.07 Å². The monoisotopic (exact) mass is 198 g/mol. The van der Waals surface area contributed by atoms with Gasteiger partial charge in [-0.1, -0.05) is 6.92 Å². The van der Waals surface area contributed by atoms with Crippen LogP contribution < -0.4 is 0 Å². The Hall–Kier alpha value is -0.690. The topological polar surface area (TPSA) is 44.1 Å². The zero-order valence-electron chi connectivity index (χ0n) is 7.82. The molecule has 1 amide bonds. The molecule has 13 heavy (non-hydrogen) atoms. The lowest BCUT2D eigenvalue weighted by Crippen LogP contribution is -2.41. The highest BCUT2D eigenvalue weighted by molar-refractivity contribution is 8.00. The first-order valence-electron chi connectivity index (χ1n) is 4.54. The fourth-order valence-electron chi connectivity index (χ4n) is 1.37. The Kier molecular flexibility index (Phi) is 4.10. The van der Waals surface area contributed by atoms with Crippen LogP contribution >= 0.6 is 11.8 Å². The van der Waals surface area contributed by atoms with Gasteiger partial charge in [-0.15, -0.1) is 0 Å². The van der Waals surface area contributed by atoms with E-state index in [0.717, 1.165) is 25.3 Å². The third-order valence-corrected chi connectivity index (χ3v) is 3.55. The smallest absolute Gasteiger partial charge is 0.236 e. The van der Waals surface area contributed by atoms with Gasteiger partial charge in [-0.05, 0) is 6.42 Å². The number of rotatable bonds is 2. The first kappa shape index (κ1) is 10.4. The van der Waals surface area contributed by atoms with Crippen molar-refractivity contribution in [1.29, 1.82) is 5.26 Å². The van der Waals surface area contributed by atoms with Gasteiger partial charge in [-0.25, -0.2) is 0 Å². The molecule has 0 aliphatic carbocycles. The molecule has 1 aliphatic rings. The van der Waals surface area contributed by atoms with E-state index in [1.165, 1.54) is 0 Å². The number of hydrogen-bond donors (Lipinski definition) is 0. The van der Waals surface area contributed by atoms with Gasteiger partial charge in [0, 0.05) is 24.1 Å². The second kappa shape index (κ2) is 5.13. The summed E-state index contributed by atoms with van der Waals surface area (Å²) in [6.45, 7) is 3.76. The minimum absolute atomic E-state index is 0.0127. The molecule has 1 heterocycles. The van der Waals surface area contributed by atoms with E-state index in [1.54, 1.807) is 0 Å². The molecule has 1 unspecified atom stereocenters. The maximum atomic E-state index is 11.4. The zero-order valence-corrected chi connectivity index (χ0v) is 8.64. The van der Waals surface area contributed by atoms with E-state index < -0.39 is 0 Å². The van der Waals surface area contributed by atoms with Crippen molar-refractivity contribution >= 4 is 17.7 Å². The van der Waals surface area contributed by atoms with E-state index in [-0.39, 0.29) is 12.3 Å². The van der Waals surface area contributed by atoms with E-state index >= 15 is 0 Å². The summed E-state index contributed by atoms with van der Waals surface area (Å²) in [6.07, 6.45) is 1.13.